The fraction of sp³-hybridized carbons (Fsp3) is 0.438. The van der Waals surface area contributed by atoms with E-state index in [4.69, 9.17) is 9.52 Å². The van der Waals surface area contributed by atoms with Gasteiger partial charge in [0.2, 0.25) is 0 Å². The molecule has 0 saturated heterocycles. The van der Waals surface area contributed by atoms with Gasteiger partial charge in [-0.25, -0.2) is 4.98 Å². The molecule has 0 saturated carbocycles. The number of carbonyl (C=O) groups is 2. The zero-order chi connectivity index (χ0) is 17.1. The standard InChI is InChI=1S/C16H20N2O4S/c1-9(2)18(8-7-13(19)20)16(21)14-11(4)17-15(23-14)12-6-5-10(3)22-12/h5-6,9H,7-8H2,1-4H3,(H,19,20). The second-order valence-electron chi connectivity index (χ2n) is 5.58. The molecule has 23 heavy (non-hydrogen) atoms. The molecule has 0 aliphatic rings. The van der Waals surface area contributed by atoms with Gasteiger partial charge in [0.05, 0.1) is 12.1 Å². The van der Waals surface area contributed by atoms with Crippen LogP contribution in [0.5, 0.6) is 0 Å². The molecule has 0 aromatic carbocycles. The van der Waals surface area contributed by atoms with E-state index in [1.165, 1.54) is 11.3 Å². The Balaban J connectivity index is 2.27. The van der Waals surface area contributed by atoms with Gasteiger partial charge in [0.25, 0.3) is 5.91 Å². The van der Waals surface area contributed by atoms with Crippen LogP contribution in [0.3, 0.4) is 0 Å². The Morgan fingerprint density at radius 2 is 2.04 bits per heavy atom. The lowest BCUT2D eigenvalue weighted by molar-refractivity contribution is -0.137. The average molecular weight is 336 g/mol. The number of furan rings is 1. The van der Waals surface area contributed by atoms with E-state index in [2.05, 4.69) is 4.98 Å². The maximum atomic E-state index is 12.7. The summed E-state index contributed by atoms with van der Waals surface area (Å²) in [5, 5.41) is 9.50. The molecule has 2 heterocycles. The highest BCUT2D eigenvalue weighted by Crippen LogP contribution is 2.30. The first-order chi connectivity index (χ1) is 10.8. The number of amides is 1. The second kappa shape index (κ2) is 6.95. The summed E-state index contributed by atoms with van der Waals surface area (Å²) in [6.07, 6.45) is -0.0774. The van der Waals surface area contributed by atoms with Gasteiger partial charge in [-0.1, -0.05) is 0 Å². The number of carboxylic acid groups (broad SMARTS) is 1. The maximum Gasteiger partial charge on any atom is 0.305 e. The quantitative estimate of drug-likeness (QED) is 0.874. The van der Waals surface area contributed by atoms with Gasteiger partial charge in [0.1, 0.15) is 10.6 Å². The third-order valence-corrected chi connectivity index (χ3v) is 4.55. The van der Waals surface area contributed by atoms with Crippen molar-refractivity contribution in [3.05, 3.63) is 28.5 Å². The Morgan fingerprint density at radius 3 is 2.57 bits per heavy atom. The van der Waals surface area contributed by atoms with Crippen molar-refractivity contribution in [1.82, 2.24) is 9.88 Å². The number of aryl methyl sites for hydroxylation is 2. The number of nitrogens with zero attached hydrogens (tertiary/aromatic N) is 2. The van der Waals surface area contributed by atoms with Crippen LogP contribution in [0.15, 0.2) is 16.5 Å². The van der Waals surface area contributed by atoms with Gasteiger partial charge in [-0.15, -0.1) is 11.3 Å². The third kappa shape index (κ3) is 3.98. The number of carboxylic acids is 1. The molecule has 0 aliphatic heterocycles. The molecule has 0 bridgehead atoms. The number of hydrogen-bond acceptors (Lipinski definition) is 5. The monoisotopic (exact) mass is 336 g/mol. The van der Waals surface area contributed by atoms with E-state index < -0.39 is 5.97 Å². The number of aromatic nitrogens is 1. The highest BCUT2D eigenvalue weighted by Gasteiger charge is 2.25. The van der Waals surface area contributed by atoms with Gasteiger partial charge >= 0.3 is 5.97 Å². The molecule has 1 amide bonds. The van der Waals surface area contributed by atoms with E-state index in [0.29, 0.717) is 21.3 Å². The molecule has 6 nitrogen and oxygen atoms in total. The highest BCUT2D eigenvalue weighted by molar-refractivity contribution is 7.17. The first kappa shape index (κ1) is 17.2. The van der Waals surface area contributed by atoms with E-state index in [9.17, 15) is 9.59 Å². The van der Waals surface area contributed by atoms with Crippen LogP contribution in [0.4, 0.5) is 0 Å². The molecule has 0 spiro atoms. The van der Waals surface area contributed by atoms with Crippen molar-refractivity contribution >= 4 is 23.2 Å². The summed E-state index contributed by atoms with van der Waals surface area (Å²) in [5.41, 5.74) is 0.630. The van der Waals surface area contributed by atoms with E-state index in [-0.39, 0.29) is 24.9 Å². The summed E-state index contributed by atoms with van der Waals surface area (Å²) < 4.78 is 5.55. The van der Waals surface area contributed by atoms with Gasteiger partial charge in [0.15, 0.2) is 10.8 Å². The SMILES string of the molecule is Cc1ccc(-c2nc(C)c(C(=O)N(CCC(=O)O)C(C)C)s2)o1. The molecule has 0 fully saturated rings. The smallest absolute Gasteiger partial charge is 0.305 e. The van der Waals surface area contributed by atoms with Gasteiger partial charge in [-0.3, -0.25) is 9.59 Å². The molecule has 0 unspecified atom stereocenters. The van der Waals surface area contributed by atoms with Gasteiger partial charge < -0.3 is 14.4 Å². The van der Waals surface area contributed by atoms with Crippen LogP contribution in [0, 0.1) is 13.8 Å². The number of aliphatic carboxylic acids is 1. The molecule has 0 atom stereocenters. The lowest BCUT2D eigenvalue weighted by Crippen LogP contribution is -2.38. The van der Waals surface area contributed by atoms with E-state index >= 15 is 0 Å². The molecule has 2 rings (SSSR count). The predicted octanol–water partition coefficient (Wildman–Crippen LogP) is 3.35. The summed E-state index contributed by atoms with van der Waals surface area (Å²) in [5.74, 6) is 0.310. The van der Waals surface area contributed by atoms with Crippen LogP contribution in [-0.4, -0.2) is 39.5 Å². The average Bonchev–Trinajstić information content (AvgIpc) is 3.04. The highest BCUT2D eigenvalue weighted by atomic mass is 32.1. The summed E-state index contributed by atoms with van der Waals surface area (Å²) in [6.45, 7) is 7.54. The van der Waals surface area contributed by atoms with E-state index in [1.54, 1.807) is 11.8 Å². The van der Waals surface area contributed by atoms with Gasteiger partial charge in [0, 0.05) is 12.6 Å². The van der Waals surface area contributed by atoms with E-state index in [1.807, 2.05) is 32.9 Å². The van der Waals surface area contributed by atoms with Crippen LogP contribution in [0.1, 0.15) is 41.4 Å². The molecule has 0 aliphatic carbocycles. The number of hydrogen-bond donors (Lipinski definition) is 1. The Kier molecular flexibility index (Phi) is 5.20. The predicted molar refractivity (Wildman–Crippen MR) is 87.7 cm³/mol. The second-order valence-corrected chi connectivity index (χ2v) is 6.58. The molecule has 124 valence electrons. The third-order valence-electron chi connectivity index (χ3n) is 3.39. The van der Waals surface area contributed by atoms with Crippen LogP contribution in [0.25, 0.3) is 10.8 Å². The lowest BCUT2D eigenvalue weighted by atomic mass is 10.2. The first-order valence-electron chi connectivity index (χ1n) is 7.36. The van der Waals surface area contributed by atoms with Crippen LogP contribution in [0.2, 0.25) is 0 Å². The summed E-state index contributed by atoms with van der Waals surface area (Å²) in [7, 11) is 0. The normalized spacial score (nSPS) is 11.0. The lowest BCUT2D eigenvalue weighted by Gasteiger charge is -2.25. The van der Waals surface area contributed by atoms with Crippen molar-refractivity contribution in [2.75, 3.05) is 6.54 Å². The topological polar surface area (TPSA) is 83.6 Å². The minimum atomic E-state index is -0.920. The number of thiazole rings is 1. The maximum absolute atomic E-state index is 12.7. The van der Waals surface area contributed by atoms with Crippen LogP contribution in [-0.2, 0) is 4.79 Å². The fourth-order valence-electron chi connectivity index (χ4n) is 2.19. The van der Waals surface area contributed by atoms with Crippen molar-refractivity contribution < 1.29 is 19.1 Å². The number of carbonyl (C=O) groups excluding carboxylic acids is 1. The van der Waals surface area contributed by atoms with Gasteiger partial charge in [-0.2, -0.15) is 0 Å². The molecule has 7 heteroatoms. The Labute approximate surface area is 138 Å². The fourth-order valence-corrected chi connectivity index (χ4v) is 3.17. The van der Waals surface area contributed by atoms with Gasteiger partial charge in [-0.05, 0) is 39.8 Å². The molecular formula is C16H20N2O4S. The first-order valence-corrected chi connectivity index (χ1v) is 8.18. The molecule has 1 N–H and O–H groups in total. The van der Waals surface area contributed by atoms with Crippen LogP contribution >= 0.6 is 11.3 Å². The largest absolute Gasteiger partial charge is 0.481 e. The number of rotatable bonds is 6. The van der Waals surface area contributed by atoms with Crippen molar-refractivity contribution in [2.24, 2.45) is 0 Å². The van der Waals surface area contributed by atoms with E-state index in [0.717, 1.165) is 5.76 Å². The summed E-state index contributed by atoms with van der Waals surface area (Å²) in [6, 6.07) is 3.59. The van der Waals surface area contributed by atoms with Crippen molar-refractivity contribution in [2.45, 2.75) is 40.2 Å². The van der Waals surface area contributed by atoms with Crippen LogP contribution < -0.4 is 0 Å². The zero-order valence-corrected chi connectivity index (χ0v) is 14.4. The minimum Gasteiger partial charge on any atom is -0.481 e. The molecular weight excluding hydrogens is 316 g/mol. The Hall–Kier alpha value is -2.15. The molecule has 0 radical (unpaired) electrons. The zero-order valence-electron chi connectivity index (χ0n) is 13.6. The minimum absolute atomic E-state index is 0.0774. The molecule has 2 aromatic rings. The summed E-state index contributed by atoms with van der Waals surface area (Å²) >= 11 is 1.27. The Morgan fingerprint density at radius 1 is 1.35 bits per heavy atom. The molecule has 2 aromatic heterocycles. The van der Waals surface area contributed by atoms with Crippen molar-refractivity contribution in [3.63, 3.8) is 0 Å². The summed E-state index contributed by atoms with van der Waals surface area (Å²) in [4.78, 5) is 30.0. The Bertz CT molecular complexity index is 717. The van der Waals surface area contributed by atoms with Crippen molar-refractivity contribution in [3.8, 4) is 10.8 Å². The van der Waals surface area contributed by atoms with Crippen molar-refractivity contribution in [1.29, 1.82) is 0 Å².